The zero-order chi connectivity index (χ0) is 22.5. The summed E-state index contributed by atoms with van der Waals surface area (Å²) in [4.78, 5) is 12.4. The molecule has 1 heterocycles. The number of nitrogens with one attached hydrogen (secondary N) is 1. The molecule has 1 unspecified atom stereocenters. The highest BCUT2D eigenvalue weighted by atomic mass is 32.2. The molecule has 3 rings (SSSR count). The maximum atomic E-state index is 13.9. The molecule has 0 saturated carbocycles. The number of hydrogen-bond acceptors (Lipinski definition) is 5. The fourth-order valence-corrected chi connectivity index (χ4v) is 4.00. The molecule has 0 spiro atoms. The van der Waals surface area contributed by atoms with Crippen LogP contribution in [0.1, 0.15) is 36.9 Å². The van der Waals surface area contributed by atoms with Crippen LogP contribution in [0.3, 0.4) is 0 Å². The third kappa shape index (κ3) is 5.81. The van der Waals surface area contributed by atoms with Crippen molar-refractivity contribution in [1.82, 2.24) is 14.8 Å². The van der Waals surface area contributed by atoms with Gasteiger partial charge < -0.3 is 14.6 Å². The van der Waals surface area contributed by atoms with Gasteiger partial charge in [-0.3, -0.25) is 4.79 Å². The number of hydrogen-bond donors (Lipinski definition) is 1. The van der Waals surface area contributed by atoms with Crippen LogP contribution < -0.4 is 10.1 Å². The summed E-state index contributed by atoms with van der Waals surface area (Å²) in [5.41, 5.74) is 2.90. The van der Waals surface area contributed by atoms with Crippen molar-refractivity contribution in [2.75, 3.05) is 11.1 Å². The fourth-order valence-electron chi connectivity index (χ4n) is 3.19. The first-order valence-electron chi connectivity index (χ1n) is 9.82. The van der Waals surface area contributed by atoms with Gasteiger partial charge in [-0.05, 0) is 63.1 Å². The van der Waals surface area contributed by atoms with Crippen LogP contribution in [0.4, 0.5) is 14.5 Å². The topological polar surface area (TPSA) is 69.0 Å². The number of carbonyl (C=O) groups excluding carboxylic acids is 1. The Labute approximate surface area is 184 Å². The number of halogens is 2. The van der Waals surface area contributed by atoms with Gasteiger partial charge in [0, 0.05) is 18.3 Å². The average molecular weight is 447 g/mol. The SMILES string of the molecule is CCn1c(SCC(=O)Nc2cc(C)cc(C)c2)nnc1C(C)Oc1ccc(F)cc1F. The van der Waals surface area contributed by atoms with Crippen LogP contribution in [0.15, 0.2) is 41.6 Å². The third-order valence-electron chi connectivity index (χ3n) is 4.46. The van der Waals surface area contributed by atoms with Crippen molar-refractivity contribution in [3.8, 4) is 5.75 Å². The second-order valence-electron chi connectivity index (χ2n) is 7.13. The molecule has 0 aliphatic rings. The van der Waals surface area contributed by atoms with Crippen molar-refractivity contribution < 1.29 is 18.3 Å². The second kappa shape index (κ2) is 9.91. The van der Waals surface area contributed by atoms with Crippen LogP contribution in [0.2, 0.25) is 0 Å². The number of ether oxygens (including phenoxy) is 1. The summed E-state index contributed by atoms with van der Waals surface area (Å²) in [6.07, 6.45) is -0.620. The molecule has 0 radical (unpaired) electrons. The van der Waals surface area contributed by atoms with E-state index in [1.807, 2.05) is 39.0 Å². The summed E-state index contributed by atoms with van der Waals surface area (Å²) < 4.78 is 34.4. The van der Waals surface area contributed by atoms with Gasteiger partial charge in [0.25, 0.3) is 0 Å². The molecule has 31 heavy (non-hydrogen) atoms. The lowest BCUT2D eigenvalue weighted by Gasteiger charge is -2.16. The van der Waals surface area contributed by atoms with Crippen molar-refractivity contribution in [3.63, 3.8) is 0 Å². The lowest BCUT2D eigenvalue weighted by Crippen LogP contribution is -2.15. The number of anilines is 1. The molecule has 0 bridgehead atoms. The van der Waals surface area contributed by atoms with Gasteiger partial charge in [0.05, 0.1) is 5.75 Å². The molecule has 0 aliphatic carbocycles. The molecule has 0 aliphatic heterocycles. The smallest absolute Gasteiger partial charge is 0.234 e. The number of nitrogens with zero attached hydrogens (tertiary/aromatic N) is 3. The van der Waals surface area contributed by atoms with Crippen molar-refractivity contribution in [3.05, 3.63) is 65.0 Å². The van der Waals surface area contributed by atoms with Gasteiger partial charge in [-0.25, -0.2) is 8.78 Å². The molecular formula is C22H24F2N4O2S. The molecular weight excluding hydrogens is 422 g/mol. The second-order valence-corrected chi connectivity index (χ2v) is 8.08. The van der Waals surface area contributed by atoms with Gasteiger partial charge in [0.15, 0.2) is 28.7 Å². The van der Waals surface area contributed by atoms with E-state index >= 15 is 0 Å². The summed E-state index contributed by atoms with van der Waals surface area (Å²) in [6, 6.07) is 9.00. The predicted molar refractivity (Wildman–Crippen MR) is 116 cm³/mol. The lowest BCUT2D eigenvalue weighted by atomic mass is 10.1. The minimum absolute atomic E-state index is 0.0680. The zero-order valence-electron chi connectivity index (χ0n) is 17.8. The van der Waals surface area contributed by atoms with E-state index in [0.29, 0.717) is 17.5 Å². The van der Waals surface area contributed by atoms with Crippen molar-refractivity contribution in [2.24, 2.45) is 0 Å². The summed E-state index contributed by atoms with van der Waals surface area (Å²) >= 11 is 1.26. The first kappa shape index (κ1) is 22.7. The van der Waals surface area contributed by atoms with Crippen LogP contribution in [0, 0.1) is 25.5 Å². The van der Waals surface area contributed by atoms with Gasteiger partial charge in [-0.15, -0.1) is 10.2 Å². The van der Waals surface area contributed by atoms with E-state index in [1.165, 1.54) is 17.8 Å². The highest BCUT2D eigenvalue weighted by Gasteiger charge is 2.20. The number of amides is 1. The van der Waals surface area contributed by atoms with Crippen LogP contribution in [0.25, 0.3) is 0 Å². The fraction of sp³-hybridized carbons (Fsp3) is 0.318. The van der Waals surface area contributed by atoms with E-state index < -0.39 is 17.7 Å². The van der Waals surface area contributed by atoms with Gasteiger partial charge >= 0.3 is 0 Å². The standard InChI is InChI=1S/C22H24F2N4O2S/c1-5-28-21(15(4)30-19-7-6-16(23)11-18(19)24)26-27-22(28)31-12-20(29)25-17-9-13(2)8-14(3)10-17/h6-11,15H,5,12H2,1-4H3,(H,25,29). The minimum Gasteiger partial charge on any atom is -0.480 e. The first-order valence-corrected chi connectivity index (χ1v) is 10.8. The van der Waals surface area contributed by atoms with Crippen LogP contribution in [-0.4, -0.2) is 26.4 Å². The Morgan fingerprint density at radius 3 is 2.52 bits per heavy atom. The van der Waals surface area contributed by atoms with Crippen molar-refractivity contribution >= 4 is 23.4 Å². The maximum absolute atomic E-state index is 13.9. The average Bonchev–Trinajstić information content (AvgIpc) is 3.10. The van der Waals surface area contributed by atoms with Gasteiger partial charge in [0.2, 0.25) is 5.91 Å². The maximum Gasteiger partial charge on any atom is 0.234 e. The Morgan fingerprint density at radius 2 is 1.87 bits per heavy atom. The van der Waals surface area contributed by atoms with E-state index in [1.54, 1.807) is 11.5 Å². The lowest BCUT2D eigenvalue weighted by molar-refractivity contribution is -0.113. The number of carbonyl (C=O) groups is 1. The number of aryl methyl sites for hydroxylation is 2. The Bertz CT molecular complexity index is 1070. The van der Waals surface area contributed by atoms with E-state index in [9.17, 15) is 13.6 Å². The van der Waals surface area contributed by atoms with Crippen LogP contribution >= 0.6 is 11.8 Å². The molecule has 6 nitrogen and oxygen atoms in total. The van der Waals surface area contributed by atoms with Crippen molar-refractivity contribution in [2.45, 2.75) is 45.5 Å². The molecule has 3 aromatic rings. The van der Waals surface area contributed by atoms with Crippen LogP contribution in [0.5, 0.6) is 5.75 Å². The normalized spacial score (nSPS) is 11.9. The van der Waals surface area contributed by atoms with E-state index in [4.69, 9.17) is 4.74 Å². The van der Waals surface area contributed by atoms with E-state index in [0.717, 1.165) is 28.9 Å². The molecule has 9 heteroatoms. The molecule has 1 aromatic heterocycles. The van der Waals surface area contributed by atoms with Gasteiger partial charge in [-0.1, -0.05) is 17.8 Å². The Hall–Kier alpha value is -2.94. The summed E-state index contributed by atoms with van der Waals surface area (Å²) in [5, 5.41) is 11.8. The largest absolute Gasteiger partial charge is 0.480 e. The highest BCUT2D eigenvalue weighted by molar-refractivity contribution is 7.99. The van der Waals surface area contributed by atoms with Gasteiger partial charge in [-0.2, -0.15) is 0 Å². The van der Waals surface area contributed by atoms with E-state index in [2.05, 4.69) is 15.5 Å². The highest BCUT2D eigenvalue weighted by Crippen LogP contribution is 2.27. The number of aromatic nitrogens is 3. The van der Waals surface area contributed by atoms with Gasteiger partial charge in [0.1, 0.15) is 5.82 Å². The number of thioether (sulfide) groups is 1. The molecule has 0 fully saturated rings. The Morgan fingerprint density at radius 1 is 1.16 bits per heavy atom. The molecule has 1 N–H and O–H groups in total. The molecule has 1 atom stereocenters. The summed E-state index contributed by atoms with van der Waals surface area (Å²) in [5.74, 6) is -1.03. The summed E-state index contributed by atoms with van der Waals surface area (Å²) in [7, 11) is 0. The quantitative estimate of drug-likeness (QED) is 0.490. The van der Waals surface area contributed by atoms with E-state index in [-0.39, 0.29) is 17.4 Å². The molecule has 1 amide bonds. The molecule has 164 valence electrons. The molecule has 0 saturated heterocycles. The Balaban J connectivity index is 1.65. The first-order chi connectivity index (χ1) is 14.8. The molecule has 2 aromatic carbocycles. The minimum atomic E-state index is -0.785. The third-order valence-corrected chi connectivity index (χ3v) is 5.43. The zero-order valence-corrected chi connectivity index (χ0v) is 18.6. The number of rotatable bonds is 8. The van der Waals surface area contributed by atoms with Crippen LogP contribution in [-0.2, 0) is 11.3 Å². The predicted octanol–water partition coefficient (Wildman–Crippen LogP) is 5.06. The van der Waals surface area contributed by atoms with Crippen molar-refractivity contribution in [1.29, 1.82) is 0 Å². The summed E-state index contributed by atoms with van der Waals surface area (Å²) in [6.45, 7) is 8.12. The number of benzene rings is 2. The monoisotopic (exact) mass is 446 g/mol. The Kier molecular flexibility index (Phi) is 7.27.